The summed E-state index contributed by atoms with van der Waals surface area (Å²) in [6.07, 6.45) is -2.19. The first-order valence-corrected chi connectivity index (χ1v) is 8.42. The maximum absolute atomic E-state index is 13.1. The molecule has 3 rings (SSSR count). The van der Waals surface area contributed by atoms with Gasteiger partial charge in [0.15, 0.2) is 0 Å². The fraction of sp³-hybridized carbons (Fsp3) is 0.316. The third-order valence-electron chi connectivity index (χ3n) is 4.70. The summed E-state index contributed by atoms with van der Waals surface area (Å²) >= 11 is 0. The van der Waals surface area contributed by atoms with Gasteiger partial charge in [0.05, 0.1) is 16.7 Å². The number of carboxylic acids is 1. The predicted octanol–water partition coefficient (Wildman–Crippen LogP) is 3.82. The molecular weight excluding hydrogens is 361 g/mol. The number of hydrogen-bond donors (Lipinski definition) is 1. The molecular formula is C19H17F3N2O3. The van der Waals surface area contributed by atoms with Crippen molar-refractivity contribution >= 4 is 11.9 Å². The topological polar surface area (TPSA) is 70.5 Å². The Morgan fingerprint density at radius 2 is 1.74 bits per heavy atom. The number of amides is 1. The number of alkyl halides is 3. The number of halogens is 3. The van der Waals surface area contributed by atoms with Gasteiger partial charge in [-0.15, -0.1) is 0 Å². The molecule has 0 radical (unpaired) electrons. The van der Waals surface area contributed by atoms with Crippen LogP contribution in [0.4, 0.5) is 13.2 Å². The van der Waals surface area contributed by atoms with Crippen LogP contribution in [-0.2, 0) is 6.18 Å². The molecule has 1 aromatic carbocycles. The molecule has 0 unspecified atom stereocenters. The molecule has 0 saturated carbocycles. The van der Waals surface area contributed by atoms with Crippen molar-refractivity contribution in [1.29, 1.82) is 0 Å². The minimum Gasteiger partial charge on any atom is -0.478 e. The van der Waals surface area contributed by atoms with E-state index in [1.54, 1.807) is 6.07 Å². The zero-order valence-corrected chi connectivity index (χ0v) is 14.2. The van der Waals surface area contributed by atoms with Gasteiger partial charge in [0.2, 0.25) is 0 Å². The lowest BCUT2D eigenvalue weighted by atomic mass is 9.92. The molecule has 0 aliphatic carbocycles. The van der Waals surface area contributed by atoms with Crippen molar-refractivity contribution in [2.45, 2.75) is 24.9 Å². The van der Waals surface area contributed by atoms with Crippen LogP contribution in [0, 0.1) is 0 Å². The highest BCUT2D eigenvalue weighted by atomic mass is 19.4. The van der Waals surface area contributed by atoms with Crippen LogP contribution >= 0.6 is 0 Å². The molecule has 1 aliphatic heterocycles. The van der Waals surface area contributed by atoms with Crippen molar-refractivity contribution in [3.8, 4) is 0 Å². The summed E-state index contributed by atoms with van der Waals surface area (Å²) in [4.78, 5) is 29.0. The van der Waals surface area contributed by atoms with Crippen molar-refractivity contribution < 1.29 is 27.9 Å². The molecule has 1 saturated heterocycles. The summed E-state index contributed by atoms with van der Waals surface area (Å²) in [6.45, 7) is 0.635. The van der Waals surface area contributed by atoms with Crippen molar-refractivity contribution in [2.24, 2.45) is 0 Å². The van der Waals surface area contributed by atoms with Crippen LogP contribution < -0.4 is 0 Å². The number of rotatable bonds is 3. The first-order valence-electron chi connectivity index (χ1n) is 8.42. The van der Waals surface area contributed by atoms with E-state index >= 15 is 0 Å². The molecule has 0 bridgehead atoms. The van der Waals surface area contributed by atoms with Gasteiger partial charge in [0.1, 0.15) is 0 Å². The highest BCUT2D eigenvalue weighted by molar-refractivity contribution is 5.96. The van der Waals surface area contributed by atoms with E-state index in [1.807, 2.05) is 0 Å². The molecule has 2 aromatic rings. The smallest absolute Gasteiger partial charge is 0.417 e. The van der Waals surface area contributed by atoms with Gasteiger partial charge in [-0.1, -0.05) is 12.1 Å². The zero-order valence-electron chi connectivity index (χ0n) is 14.2. The summed E-state index contributed by atoms with van der Waals surface area (Å²) in [7, 11) is 0. The molecule has 27 heavy (non-hydrogen) atoms. The van der Waals surface area contributed by atoms with Crippen LogP contribution in [0.2, 0.25) is 0 Å². The second kappa shape index (κ2) is 7.38. The molecule has 1 aliphatic rings. The van der Waals surface area contributed by atoms with Gasteiger partial charge in [-0.05, 0) is 37.1 Å². The molecule has 1 amide bonds. The van der Waals surface area contributed by atoms with Gasteiger partial charge < -0.3 is 10.0 Å². The Kier molecular flexibility index (Phi) is 5.16. The second-order valence-electron chi connectivity index (χ2n) is 6.39. The average molecular weight is 378 g/mol. The normalized spacial score (nSPS) is 15.6. The molecule has 142 valence electrons. The van der Waals surface area contributed by atoms with Gasteiger partial charge >= 0.3 is 12.1 Å². The second-order valence-corrected chi connectivity index (χ2v) is 6.39. The highest BCUT2D eigenvalue weighted by Crippen LogP contribution is 2.33. The summed E-state index contributed by atoms with van der Waals surface area (Å²) < 4.78 is 39.4. The first kappa shape index (κ1) is 18.9. The Labute approximate surface area is 153 Å². The number of benzene rings is 1. The number of piperidine rings is 1. The first-order chi connectivity index (χ1) is 12.8. The average Bonchev–Trinajstić information content (AvgIpc) is 2.67. The lowest BCUT2D eigenvalue weighted by molar-refractivity contribution is -0.138. The Balaban J connectivity index is 1.69. The van der Waals surface area contributed by atoms with Crippen molar-refractivity contribution in [1.82, 2.24) is 9.88 Å². The number of carboxylic acid groups (broad SMARTS) is 1. The van der Waals surface area contributed by atoms with Crippen molar-refractivity contribution in [2.75, 3.05) is 13.1 Å². The molecule has 8 heteroatoms. The molecule has 1 aromatic heterocycles. The number of aromatic nitrogens is 1. The SMILES string of the molecule is O=C(O)c1ccc(C2CCN(C(=O)c3ccccc3C(F)(F)F)CC2)nc1. The van der Waals surface area contributed by atoms with Crippen LogP contribution in [-0.4, -0.2) is 40.0 Å². The Morgan fingerprint density at radius 1 is 1.07 bits per heavy atom. The van der Waals surface area contributed by atoms with Crippen LogP contribution in [0.1, 0.15) is 50.7 Å². The largest absolute Gasteiger partial charge is 0.478 e. The van der Waals surface area contributed by atoms with E-state index in [9.17, 15) is 22.8 Å². The monoisotopic (exact) mass is 378 g/mol. The third-order valence-corrected chi connectivity index (χ3v) is 4.70. The fourth-order valence-corrected chi connectivity index (χ4v) is 3.24. The van der Waals surface area contributed by atoms with E-state index in [1.165, 1.54) is 35.4 Å². The molecule has 5 nitrogen and oxygen atoms in total. The predicted molar refractivity (Wildman–Crippen MR) is 90.5 cm³/mol. The van der Waals surface area contributed by atoms with Crippen LogP contribution in [0.5, 0.6) is 0 Å². The van der Waals surface area contributed by atoms with Crippen LogP contribution in [0.3, 0.4) is 0 Å². The number of carbonyl (C=O) groups is 2. The number of carbonyl (C=O) groups excluding carboxylic acids is 1. The summed E-state index contributed by atoms with van der Waals surface area (Å²) in [6, 6.07) is 7.91. The maximum Gasteiger partial charge on any atom is 0.417 e. The number of likely N-dealkylation sites (tertiary alicyclic amines) is 1. The molecule has 0 atom stereocenters. The van der Waals surface area contributed by atoms with Gasteiger partial charge in [-0.3, -0.25) is 9.78 Å². The lowest BCUT2D eigenvalue weighted by Crippen LogP contribution is -2.38. The van der Waals surface area contributed by atoms with Crippen molar-refractivity contribution in [3.05, 3.63) is 65.0 Å². The van der Waals surface area contributed by atoms with E-state index in [0.29, 0.717) is 25.9 Å². The lowest BCUT2D eigenvalue weighted by Gasteiger charge is -2.32. The van der Waals surface area contributed by atoms with Crippen LogP contribution in [0.15, 0.2) is 42.6 Å². The number of hydrogen-bond acceptors (Lipinski definition) is 3. The quantitative estimate of drug-likeness (QED) is 0.882. The summed E-state index contributed by atoms with van der Waals surface area (Å²) in [5.74, 6) is -1.65. The van der Waals surface area contributed by atoms with Gasteiger partial charge in [-0.2, -0.15) is 13.2 Å². The van der Waals surface area contributed by atoms with E-state index < -0.39 is 23.6 Å². The minimum absolute atomic E-state index is 0.0368. The summed E-state index contributed by atoms with van der Waals surface area (Å²) in [5.41, 5.74) is -0.451. The number of nitrogens with zero attached hydrogens (tertiary/aromatic N) is 2. The molecule has 2 heterocycles. The molecule has 1 N–H and O–H groups in total. The number of aromatic carboxylic acids is 1. The molecule has 0 spiro atoms. The van der Waals surface area contributed by atoms with Crippen LogP contribution in [0.25, 0.3) is 0 Å². The number of pyridine rings is 1. The van der Waals surface area contributed by atoms with Gasteiger partial charge in [0.25, 0.3) is 5.91 Å². The standard InChI is InChI=1S/C19H17F3N2O3/c20-19(21,22)15-4-2-1-3-14(15)17(25)24-9-7-12(8-10-24)16-6-5-13(11-23-16)18(26)27/h1-6,11-12H,7-10H2,(H,26,27). The Bertz CT molecular complexity index is 842. The van der Waals surface area contributed by atoms with E-state index in [4.69, 9.17) is 5.11 Å². The van der Waals surface area contributed by atoms with E-state index in [2.05, 4.69) is 4.98 Å². The Morgan fingerprint density at radius 3 is 2.30 bits per heavy atom. The van der Waals surface area contributed by atoms with E-state index in [-0.39, 0.29) is 17.0 Å². The maximum atomic E-state index is 13.1. The highest BCUT2D eigenvalue weighted by Gasteiger charge is 2.36. The fourth-order valence-electron chi connectivity index (χ4n) is 3.24. The van der Waals surface area contributed by atoms with Gasteiger partial charge in [-0.25, -0.2) is 4.79 Å². The summed E-state index contributed by atoms with van der Waals surface area (Å²) in [5, 5.41) is 8.91. The minimum atomic E-state index is -4.58. The Hall–Kier alpha value is -2.90. The van der Waals surface area contributed by atoms with E-state index in [0.717, 1.165) is 11.8 Å². The van der Waals surface area contributed by atoms with Crippen molar-refractivity contribution in [3.63, 3.8) is 0 Å². The zero-order chi connectivity index (χ0) is 19.6. The third kappa shape index (κ3) is 4.10. The van der Waals surface area contributed by atoms with Gasteiger partial charge in [0, 0.05) is 30.9 Å². The molecule has 1 fully saturated rings.